The predicted molar refractivity (Wildman–Crippen MR) is 81.7 cm³/mol. The summed E-state index contributed by atoms with van der Waals surface area (Å²) < 4.78 is 5.33. The summed E-state index contributed by atoms with van der Waals surface area (Å²) in [6.45, 7) is 4.15. The van der Waals surface area contributed by atoms with Crippen molar-refractivity contribution in [2.45, 2.75) is 18.9 Å². The summed E-state index contributed by atoms with van der Waals surface area (Å²) in [5.41, 5.74) is 0.922. The summed E-state index contributed by atoms with van der Waals surface area (Å²) in [6, 6.07) is 3.56. The van der Waals surface area contributed by atoms with Crippen LogP contribution < -0.4 is 9.80 Å². The Hall–Kier alpha value is -1.86. The van der Waals surface area contributed by atoms with Gasteiger partial charge in [-0.1, -0.05) is 0 Å². The third kappa shape index (κ3) is 3.31. The first kappa shape index (κ1) is 15.1. The maximum absolute atomic E-state index is 11.4. The average Bonchev–Trinajstić information content (AvgIpc) is 2.56. The minimum absolute atomic E-state index is 0.0603. The Kier molecular flexibility index (Phi) is 4.44. The third-order valence-corrected chi connectivity index (χ3v) is 4.18. The van der Waals surface area contributed by atoms with Gasteiger partial charge in [-0.3, -0.25) is 0 Å². The number of rotatable bonds is 3. The van der Waals surface area contributed by atoms with Gasteiger partial charge in [-0.05, 0) is 18.9 Å². The monoisotopic (exact) mass is 307 g/mol. The quantitative estimate of drug-likeness (QED) is 0.844. The van der Waals surface area contributed by atoms with Crippen molar-refractivity contribution in [1.29, 1.82) is 0 Å². The highest BCUT2D eigenvalue weighted by molar-refractivity contribution is 5.87. The number of ether oxygens (including phenoxy) is 1. The normalized spacial score (nSPS) is 20.2. The second kappa shape index (κ2) is 6.50. The Morgan fingerprint density at radius 1 is 1.14 bits per heavy atom. The lowest BCUT2D eigenvalue weighted by molar-refractivity contribution is 0.0690. The van der Waals surface area contributed by atoms with Crippen LogP contribution in [0, 0.1) is 0 Å². The molecule has 0 radical (unpaired) electrons. The lowest BCUT2D eigenvalue weighted by atomic mass is 10.1. The highest BCUT2D eigenvalue weighted by atomic mass is 16.5. The Morgan fingerprint density at radius 2 is 1.82 bits per heavy atom. The maximum Gasteiger partial charge on any atom is 0.354 e. The van der Waals surface area contributed by atoms with Crippen LogP contribution in [0.4, 0.5) is 11.5 Å². The van der Waals surface area contributed by atoms with Crippen molar-refractivity contribution in [3.8, 4) is 0 Å². The van der Waals surface area contributed by atoms with E-state index in [-0.39, 0.29) is 11.8 Å². The molecule has 7 heteroatoms. The number of piperidine rings is 1. The lowest BCUT2D eigenvalue weighted by Gasteiger charge is -2.33. The fourth-order valence-corrected chi connectivity index (χ4v) is 2.87. The van der Waals surface area contributed by atoms with Crippen LogP contribution in [0.1, 0.15) is 23.3 Å². The number of carboxylic acids is 1. The summed E-state index contributed by atoms with van der Waals surface area (Å²) in [5.74, 6) is -0.335. The first-order chi connectivity index (χ1) is 10.6. The fraction of sp³-hybridized carbons (Fsp3) is 0.600. The number of hydrogen-bond donors (Lipinski definition) is 2. The van der Waals surface area contributed by atoms with Crippen molar-refractivity contribution in [3.63, 3.8) is 0 Å². The van der Waals surface area contributed by atoms with Crippen LogP contribution in [0.5, 0.6) is 0 Å². The summed E-state index contributed by atoms with van der Waals surface area (Å²) in [6.07, 6.45) is 1.16. The summed E-state index contributed by atoms with van der Waals surface area (Å²) in [7, 11) is 0. The van der Waals surface area contributed by atoms with Crippen molar-refractivity contribution in [3.05, 3.63) is 17.8 Å². The van der Waals surface area contributed by atoms with Gasteiger partial charge in [0, 0.05) is 37.9 Å². The zero-order valence-corrected chi connectivity index (χ0v) is 12.4. The third-order valence-electron chi connectivity index (χ3n) is 4.18. The summed E-state index contributed by atoms with van der Waals surface area (Å²) in [5, 5.41) is 18.9. The molecule has 2 aliphatic heterocycles. The molecule has 0 amide bonds. The van der Waals surface area contributed by atoms with Crippen LogP contribution in [0.3, 0.4) is 0 Å². The van der Waals surface area contributed by atoms with Gasteiger partial charge in [0.05, 0.1) is 19.3 Å². The van der Waals surface area contributed by atoms with Gasteiger partial charge in [0.1, 0.15) is 5.82 Å². The van der Waals surface area contributed by atoms with Gasteiger partial charge >= 0.3 is 5.97 Å². The molecule has 2 saturated heterocycles. The molecule has 1 aromatic rings. The van der Waals surface area contributed by atoms with Crippen LogP contribution in [-0.2, 0) is 4.74 Å². The van der Waals surface area contributed by atoms with E-state index in [0.717, 1.165) is 18.8 Å². The molecule has 2 aliphatic rings. The highest BCUT2D eigenvalue weighted by Crippen LogP contribution is 2.26. The van der Waals surface area contributed by atoms with Crippen LogP contribution in [0.15, 0.2) is 12.1 Å². The number of aliphatic hydroxyl groups excluding tert-OH is 1. The minimum Gasteiger partial charge on any atom is -0.477 e. The van der Waals surface area contributed by atoms with E-state index in [0.29, 0.717) is 45.0 Å². The van der Waals surface area contributed by atoms with Gasteiger partial charge in [0.25, 0.3) is 0 Å². The number of hydrogen-bond acceptors (Lipinski definition) is 6. The molecule has 7 nitrogen and oxygen atoms in total. The molecule has 3 rings (SSSR count). The highest BCUT2D eigenvalue weighted by Gasteiger charge is 2.21. The zero-order valence-electron chi connectivity index (χ0n) is 12.4. The van der Waals surface area contributed by atoms with Gasteiger partial charge in [-0.2, -0.15) is 0 Å². The van der Waals surface area contributed by atoms with Crippen molar-refractivity contribution in [2.75, 3.05) is 49.2 Å². The molecule has 2 fully saturated rings. The lowest BCUT2D eigenvalue weighted by Crippen LogP contribution is -2.38. The van der Waals surface area contributed by atoms with E-state index in [4.69, 9.17) is 4.74 Å². The Labute approximate surface area is 129 Å². The van der Waals surface area contributed by atoms with Crippen molar-refractivity contribution in [1.82, 2.24) is 4.98 Å². The molecule has 120 valence electrons. The molecule has 0 atom stereocenters. The number of aromatic carboxylic acids is 1. The molecule has 0 aromatic carbocycles. The standard InChI is InChI=1S/C15H21N3O4/c19-12-1-3-17(4-2-12)11-9-13(15(20)21)16-14(10-11)18-5-7-22-8-6-18/h9-10,12,19H,1-8H2,(H,20,21). The Balaban J connectivity index is 1.88. The number of aromatic nitrogens is 1. The number of carbonyl (C=O) groups is 1. The fourth-order valence-electron chi connectivity index (χ4n) is 2.87. The average molecular weight is 307 g/mol. The van der Waals surface area contributed by atoms with Gasteiger partial charge in [-0.15, -0.1) is 0 Å². The Morgan fingerprint density at radius 3 is 2.45 bits per heavy atom. The summed E-state index contributed by atoms with van der Waals surface area (Å²) >= 11 is 0. The first-order valence-corrected chi connectivity index (χ1v) is 7.64. The molecular formula is C15H21N3O4. The van der Waals surface area contributed by atoms with E-state index in [1.54, 1.807) is 6.07 Å². The zero-order chi connectivity index (χ0) is 15.5. The van der Waals surface area contributed by atoms with Crippen LogP contribution in [0.2, 0.25) is 0 Å². The van der Waals surface area contributed by atoms with E-state index < -0.39 is 5.97 Å². The molecule has 0 unspecified atom stereocenters. The SMILES string of the molecule is O=C(O)c1cc(N2CCC(O)CC2)cc(N2CCOCC2)n1. The van der Waals surface area contributed by atoms with Crippen molar-refractivity contribution in [2.24, 2.45) is 0 Å². The van der Waals surface area contributed by atoms with Gasteiger partial charge in [0.2, 0.25) is 0 Å². The largest absolute Gasteiger partial charge is 0.477 e. The molecule has 3 heterocycles. The van der Waals surface area contributed by atoms with Gasteiger partial charge < -0.3 is 24.7 Å². The number of morpholine rings is 1. The second-order valence-electron chi connectivity index (χ2n) is 5.69. The van der Waals surface area contributed by atoms with E-state index in [1.165, 1.54) is 0 Å². The number of nitrogens with zero attached hydrogens (tertiary/aromatic N) is 3. The van der Waals surface area contributed by atoms with Crippen molar-refractivity contribution < 1.29 is 19.7 Å². The number of pyridine rings is 1. The molecule has 0 saturated carbocycles. The van der Waals surface area contributed by atoms with E-state index in [1.807, 2.05) is 6.07 Å². The number of carboxylic acid groups (broad SMARTS) is 1. The van der Waals surface area contributed by atoms with E-state index in [2.05, 4.69) is 14.8 Å². The molecule has 1 aromatic heterocycles. The van der Waals surface area contributed by atoms with Crippen LogP contribution >= 0.6 is 0 Å². The maximum atomic E-state index is 11.4. The molecule has 0 spiro atoms. The van der Waals surface area contributed by atoms with Gasteiger partial charge in [0.15, 0.2) is 5.69 Å². The smallest absolute Gasteiger partial charge is 0.354 e. The molecule has 0 aliphatic carbocycles. The van der Waals surface area contributed by atoms with Gasteiger partial charge in [-0.25, -0.2) is 9.78 Å². The number of anilines is 2. The van der Waals surface area contributed by atoms with E-state index >= 15 is 0 Å². The topological polar surface area (TPSA) is 86.1 Å². The van der Waals surface area contributed by atoms with Crippen LogP contribution in [-0.4, -0.2) is 66.7 Å². The van der Waals surface area contributed by atoms with Crippen LogP contribution in [0.25, 0.3) is 0 Å². The van der Waals surface area contributed by atoms with E-state index in [9.17, 15) is 15.0 Å². The molecular weight excluding hydrogens is 286 g/mol. The second-order valence-corrected chi connectivity index (χ2v) is 5.69. The molecule has 0 bridgehead atoms. The molecule has 22 heavy (non-hydrogen) atoms. The minimum atomic E-state index is -1.02. The summed E-state index contributed by atoms with van der Waals surface area (Å²) in [4.78, 5) is 19.8. The predicted octanol–water partition coefficient (Wildman–Crippen LogP) is 0.577. The molecule has 2 N–H and O–H groups in total. The van der Waals surface area contributed by atoms with Crippen molar-refractivity contribution >= 4 is 17.5 Å². The first-order valence-electron chi connectivity index (χ1n) is 7.64. The Bertz CT molecular complexity index is 538. The number of aliphatic hydroxyl groups is 1.